The molecule has 2 aromatic rings. The number of carbonyl (C=O) groups is 3. The molecular weight excluding hydrogens is 316 g/mol. The van der Waals surface area contributed by atoms with Crippen LogP contribution in [0, 0.1) is 5.92 Å². The first kappa shape index (κ1) is 17.3. The molecular formula is C16H18N2O6. The summed E-state index contributed by atoms with van der Waals surface area (Å²) in [7, 11) is 0. The van der Waals surface area contributed by atoms with Gasteiger partial charge < -0.3 is 24.6 Å². The second kappa shape index (κ2) is 7.49. The first-order valence-corrected chi connectivity index (χ1v) is 7.32. The molecule has 2 rings (SSSR count). The van der Waals surface area contributed by atoms with E-state index in [-0.39, 0.29) is 24.0 Å². The lowest BCUT2D eigenvalue weighted by atomic mass is 10.0. The van der Waals surface area contributed by atoms with Crippen molar-refractivity contribution in [1.29, 1.82) is 0 Å². The highest BCUT2D eigenvalue weighted by atomic mass is 16.4. The second-order valence-electron chi connectivity index (χ2n) is 5.46. The molecule has 0 fully saturated rings. The summed E-state index contributed by atoms with van der Waals surface area (Å²) in [5.41, 5.74) is 0. The molecule has 0 saturated heterocycles. The Morgan fingerprint density at radius 1 is 1.17 bits per heavy atom. The molecule has 2 amide bonds. The molecule has 0 aromatic carbocycles. The van der Waals surface area contributed by atoms with Gasteiger partial charge in [0.1, 0.15) is 11.8 Å². The molecule has 24 heavy (non-hydrogen) atoms. The Morgan fingerprint density at radius 3 is 2.46 bits per heavy atom. The van der Waals surface area contributed by atoms with Gasteiger partial charge in [-0.2, -0.15) is 0 Å². The molecule has 2 heterocycles. The average Bonchev–Trinajstić information content (AvgIpc) is 3.20. The van der Waals surface area contributed by atoms with Crippen LogP contribution in [0.3, 0.4) is 0 Å². The van der Waals surface area contributed by atoms with E-state index < -0.39 is 23.8 Å². The predicted octanol–water partition coefficient (Wildman–Crippen LogP) is 1.64. The van der Waals surface area contributed by atoms with Gasteiger partial charge in [0, 0.05) is 0 Å². The van der Waals surface area contributed by atoms with Crippen LogP contribution in [0.15, 0.2) is 39.4 Å². The van der Waals surface area contributed by atoms with Crippen LogP contribution in [-0.2, 0) is 11.3 Å². The topological polar surface area (TPSA) is 122 Å². The van der Waals surface area contributed by atoms with Crippen LogP contribution in [-0.4, -0.2) is 28.9 Å². The molecule has 0 spiro atoms. The van der Waals surface area contributed by atoms with Gasteiger partial charge in [-0.3, -0.25) is 9.59 Å². The lowest BCUT2D eigenvalue weighted by molar-refractivity contribution is -0.124. The van der Waals surface area contributed by atoms with Crippen LogP contribution in [0.2, 0.25) is 0 Å². The fraction of sp³-hybridized carbons (Fsp3) is 0.312. The van der Waals surface area contributed by atoms with E-state index >= 15 is 0 Å². The highest BCUT2D eigenvalue weighted by Gasteiger charge is 2.25. The molecule has 0 aliphatic carbocycles. The Kier molecular flexibility index (Phi) is 5.41. The summed E-state index contributed by atoms with van der Waals surface area (Å²) in [5.74, 6) is -2.01. The Balaban J connectivity index is 1.95. The Morgan fingerprint density at radius 2 is 1.92 bits per heavy atom. The van der Waals surface area contributed by atoms with Crippen molar-refractivity contribution in [3.8, 4) is 0 Å². The molecule has 8 nitrogen and oxygen atoms in total. The fourth-order valence-corrected chi connectivity index (χ4v) is 2.03. The zero-order valence-corrected chi connectivity index (χ0v) is 13.2. The van der Waals surface area contributed by atoms with Crippen LogP contribution < -0.4 is 10.6 Å². The van der Waals surface area contributed by atoms with Crippen molar-refractivity contribution in [2.24, 2.45) is 5.92 Å². The molecule has 128 valence electrons. The maximum Gasteiger partial charge on any atom is 0.371 e. The maximum atomic E-state index is 12.3. The molecule has 8 heteroatoms. The van der Waals surface area contributed by atoms with Crippen molar-refractivity contribution in [1.82, 2.24) is 10.6 Å². The third kappa shape index (κ3) is 4.25. The van der Waals surface area contributed by atoms with Gasteiger partial charge in [-0.25, -0.2) is 4.79 Å². The van der Waals surface area contributed by atoms with E-state index in [1.54, 1.807) is 19.9 Å². The van der Waals surface area contributed by atoms with Gasteiger partial charge in [-0.1, -0.05) is 13.8 Å². The smallest absolute Gasteiger partial charge is 0.371 e. The van der Waals surface area contributed by atoms with Crippen LogP contribution in [0.1, 0.15) is 40.7 Å². The number of carbonyl (C=O) groups excluding carboxylic acids is 2. The summed E-state index contributed by atoms with van der Waals surface area (Å²) in [4.78, 5) is 35.0. The van der Waals surface area contributed by atoms with Gasteiger partial charge >= 0.3 is 5.97 Å². The van der Waals surface area contributed by atoms with Gasteiger partial charge in [0.15, 0.2) is 5.76 Å². The minimum Gasteiger partial charge on any atom is -0.475 e. The zero-order valence-electron chi connectivity index (χ0n) is 13.2. The van der Waals surface area contributed by atoms with E-state index in [2.05, 4.69) is 10.6 Å². The molecule has 1 atom stereocenters. The summed E-state index contributed by atoms with van der Waals surface area (Å²) >= 11 is 0. The number of furan rings is 2. The number of carboxylic acid groups (broad SMARTS) is 1. The van der Waals surface area contributed by atoms with Crippen LogP contribution >= 0.6 is 0 Å². The summed E-state index contributed by atoms with van der Waals surface area (Å²) in [6, 6.07) is 5.09. The third-order valence-corrected chi connectivity index (χ3v) is 3.29. The van der Waals surface area contributed by atoms with Gasteiger partial charge in [0.05, 0.1) is 12.8 Å². The van der Waals surface area contributed by atoms with E-state index in [1.807, 2.05) is 0 Å². The van der Waals surface area contributed by atoms with Crippen molar-refractivity contribution in [2.45, 2.75) is 26.4 Å². The number of rotatable bonds is 7. The zero-order chi connectivity index (χ0) is 17.7. The standard InChI is InChI=1S/C16H18N2O6/c1-9(2)13(18-14(19)11-4-3-7-23-11)15(20)17-8-10-5-6-12(24-10)16(21)22/h3-7,9,13H,8H2,1-2H3,(H,17,20)(H,18,19)(H,21,22). The quantitative estimate of drug-likeness (QED) is 0.707. The van der Waals surface area contributed by atoms with Crippen molar-refractivity contribution in [3.63, 3.8) is 0 Å². The first-order chi connectivity index (χ1) is 11.4. The summed E-state index contributed by atoms with van der Waals surface area (Å²) < 4.78 is 10.1. The van der Waals surface area contributed by atoms with Crippen molar-refractivity contribution >= 4 is 17.8 Å². The molecule has 0 aliphatic heterocycles. The minimum absolute atomic E-state index is 0.0198. The number of nitrogens with one attached hydrogen (secondary N) is 2. The summed E-state index contributed by atoms with van der Waals surface area (Å²) in [5, 5.41) is 14.0. The number of amides is 2. The maximum absolute atomic E-state index is 12.3. The monoisotopic (exact) mass is 334 g/mol. The molecule has 3 N–H and O–H groups in total. The highest BCUT2D eigenvalue weighted by Crippen LogP contribution is 2.09. The van der Waals surface area contributed by atoms with Crippen LogP contribution in [0.4, 0.5) is 0 Å². The SMILES string of the molecule is CC(C)C(NC(=O)c1ccco1)C(=O)NCc1ccc(C(=O)O)o1. The van der Waals surface area contributed by atoms with Crippen molar-refractivity contribution in [3.05, 3.63) is 47.8 Å². The third-order valence-electron chi connectivity index (χ3n) is 3.29. The number of hydrogen-bond donors (Lipinski definition) is 3. The van der Waals surface area contributed by atoms with E-state index in [1.165, 1.54) is 24.5 Å². The van der Waals surface area contributed by atoms with Gasteiger partial charge in [0.2, 0.25) is 11.7 Å². The van der Waals surface area contributed by atoms with E-state index in [4.69, 9.17) is 13.9 Å². The van der Waals surface area contributed by atoms with Crippen molar-refractivity contribution in [2.75, 3.05) is 0 Å². The first-order valence-electron chi connectivity index (χ1n) is 7.32. The Hall–Kier alpha value is -3.03. The van der Waals surface area contributed by atoms with E-state index in [0.29, 0.717) is 5.76 Å². The normalized spacial score (nSPS) is 12.0. The van der Waals surface area contributed by atoms with Crippen molar-refractivity contribution < 1.29 is 28.3 Å². The summed E-state index contributed by atoms with van der Waals surface area (Å²) in [6.45, 7) is 3.61. The molecule has 0 radical (unpaired) electrons. The Bertz CT molecular complexity index is 717. The lowest BCUT2D eigenvalue weighted by Crippen LogP contribution is -2.49. The molecule has 0 aliphatic rings. The Labute approximate surface area is 137 Å². The summed E-state index contributed by atoms with van der Waals surface area (Å²) in [6.07, 6.45) is 1.37. The second-order valence-corrected chi connectivity index (χ2v) is 5.46. The average molecular weight is 334 g/mol. The number of aromatic carboxylic acids is 1. The van der Waals surface area contributed by atoms with Crippen LogP contribution in [0.25, 0.3) is 0 Å². The molecule has 0 saturated carbocycles. The predicted molar refractivity (Wildman–Crippen MR) is 82.3 cm³/mol. The van der Waals surface area contributed by atoms with E-state index in [0.717, 1.165) is 0 Å². The minimum atomic E-state index is -1.18. The van der Waals surface area contributed by atoms with Gasteiger partial charge in [-0.15, -0.1) is 0 Å². The van der Waals surface area contributed by atoms with Gasteiger partial charge in [-0.05, 0) is 30.2 Å². The number of carboxylic acids is 1. The van der Waals surface area contributed by atoms with Crippen LogP contribution in [0.5, 0.6) is 0 Å². The number of hydrogen-bond acceptors (Lipinski definition) is 5. The lowest BCUT2D eigenvalue weighted by Gasteiger charge is -2.20. The molecule has 0 bridgehead atoms. The molecule has 1 unspecified atom stereocenters. The van der Waals surface area contributed by atoms with E-state index in [9.17, 15) is 14.4 Å². The van der Waals surface area contributed by atoms with Gasteiger partial charge in [0.25, 0.3) is 5.91 Å². The molecule has 2 aromatic heterocycles. The fourth-order valence-electron chi connectivity index (χ4n) is 2.03. The largest absolute Gasteiger partial charge is 0.475 e. The highest BCUT2D eigenvalue weighted by molar-refractivity contribution is 5.95.